The molecular formula is C12H19N3O3S. The molecule has 0 aromatic heterocycles. The van der Waals surface area contributed by atoms with E-state index in [1.54, 1.807) is 31.2 Å². The van der Waals surface area contributed by atoms with Crippen LogP contribution in [0.5, 0.6) is 0 Å². The minimum atomic E-state index is -3.30. The highest BCUT2D eigenvalue weighted by Gasteiger charge is 2.25. The molecule has 1 atom stereocenters. The summed E-state index contributed by atoms with van der Waals surface area (Å²) in [4.78, 5) is 11.8. The number of nitrogens with two attached hydrogens (primary N) is 1. The minimum absolute atomic E-state index is 0.279. The number of sulfonamides is 1. The summed E-state index contributed by atoms with van der Waals surface area (Å²) in [6, 6.07) is 6.35. The van der Waals surface area contributed by atoms with Gasteiger partial charge in [-0.05, 0) is 37.6 Å². The Morgan fingerprint density at radius 1 is 1.26 bits per heavy atom. The van der Waals surface area contributed by atoms with Gasteiger partial charge in [-0.3, -0.25) is 9.52 Å². The number of carbonyl (C=O) groups excluding carboxylic acids is 1. The number of carbonyl (C=O) groups is 1. The van der Waals surface area contributed by atoms with E-state index in [1.807, 2.05) is 6.92 Å². The van der Waals surface area contributed by atoms with Crippen molar-refractivity contribution in [1.29, 1.82) is 0 Å². The molecule has 0 aliphatic rings. The molecule has 1 aromatic rings. The number of anilines is 2. The first-order chi connectivity index (χ1) is 8.64. The van der Waals surface area contributed by atoms with E-state index in [0.29, 0.717) is 17.8 Å². The van der Waals surface area contributed by atoms with Crippen LogP contribution in [-0.4, -0.2) is 26.1 Å². The van der Waals surface area contributed by atoms with Crippen molar-refractivity contribution in [3.8, 4) is 0 Å². The van der Waals surface area contributed by atoms with E-state index in [4.69, 9.17) is 5.73 Å². The van der Waals surface area contributed by atoms with Gasteiger partial charge in [-0.15, -0.1) is 0 Å². The third-order valence-electron chi connectivity index (χ3n) is 2.70. The van der Waals surface area contributed by atoms with Gasteiger partial charge in [-0.1, -0.05) is 6.92 Å². The number of rotatable bonds is 5. The Bertz CT molecular complexity index is 550. The van der Waals surface area contributed by atoms with Crippen LogP contribution in [0.3, 0.4) is 0 Å². The van der Waals surface area contributed by atoms with Gasteiger partial charge in [-0.25, -0.2) is 8.42 Å². The lowest BCUT2D eigenvalue weighted by atomic mass is 9.99. The van der Waals surface area contributed by atoms with Crippen molar-refractivity contribution in [2.24, 2.45) is 5.73 Å². The van der Waals surface area contributed by atoms with Crippen LogP contribution in [0.4, 0.5) is 11.4 Å². The van der Waals surface area contributed by atoms with Gasteiger partial charge in [0, 0.05) is 11.4 Å². The molecule has 0 saturated carbocycles. The van der Waals surface area contributed by atoms with Crippen LogP contribution in [0.15, 0.2) is 24.3 Å². The van der Waals surface area contributed by atoms with Crippen LogP contribution in [0.25, 0.3) is 0 Å². The van der Waals surface area contributed by atoms with Gasteiger partial charge in [-0.2, -0.15) is 0 Å². The molecule has 6 nitrogen and oxygen atoms in total. The van der Waals surface area contributed by atoms with Gasteiger partial charge >= 0.3 is 0 Å². The van der Waals surface area contributed by atoms with Gasteiger partial charge in [0.05, 0.1) is 11.8 Å². The summed E-state index contributed by atoms with van der Waals surface area (Å²) < 4.78 is 24.4. The largest absolute Gasteiger partial charge is 0.325 e. The zero-order chi connectivity index (χ0) is 14.7. The summed E-state index contributed by atoms with van der Waals surface area (Å²) in [5.41, 5.74) is 5.89. The summed E-state index contributed by atoms with van der Waals surface area (Å²) in [5, 5.41) is 2.68. The van der Waals surface area contributed by atoms with Crippen molar-refractivity contribution in [3.05, 3.63) is 24.3 Å². The number of amides is 1. The maximum Gasteiger partial charge on any atom is 0.244 e. The first kappa shape index (κ1) is 15.5. The molecule has 1 aromatic carbocycles. The van der Waals surface area contributed by atoms with E-state index in [2.05, 4.69) is 10.0 Å². The van der Waals surface area contributed by atoms with Crippen molar-refractivity contribution in [1.82, 2.24) is 0 Å². The SMILES string of the molecule is CCC(C)(N)C(=O)Nc1ccc(NS(C)(=O)=O)cc1. The van der Waals surface area contributed by atoms with Gasteiger partial charge in [0.1, 0.15) is 0 Å². The Morgan fingerprint density at radius 2 is 1.74 bits per heavy atom. The second-order valence-corrected chi connectivity index (χ2v) is 6.43. The zero-order valence-electron chi connectivity index (χ0n) is 11.2. The highest BCUT2D eigenvalue weighted by molar-refractivity contribution is 7.92. The standard InChI is InChI=1S/C12H19N3O3S/c1-4-12(2,13)11(16)14-9-5-7-10(8-6-9)15-19(3,17)18/h5-8,15H,4,13H2,1-3H3,(H,14,16). The van der Waals surface area contributed by atoms with Crippen molar-refractivity contribution in [3.63, 3.8) is 0 Å². The molecule has 0 heterocycles. The topological polar surface area (TPSA) is 101 Å². The summed E-state index contributed by atoms with van der Waals surface area (Å²) in [6.45, 7) is 3.49. The van der Waals surface area contributed by atoms with E-state index < -0.39 is 15.6 Å². The fraction of sp³-hybridized carbons (Fsp3) is 0.417. The molecule has 19 heavy (non-hydrogen) atoms. The van der Waals surface area contributed by atoms with Gasteiger partial charge < -0.3 is 11.1 Å². The smallest absolute Gasteiger partial charge is 0.244 e. The van der Waals surface area contributed by atoms with Gasteiger partial charge in [0.15, 0.2) is 0 Å². The fourth-order valence-electron chi connectivity index (χ4n) is 1.27. The first-order valence-electron chi connectivity index (χ1n) is 5.82. The van der Waals surface area contributed by atoms with E-state index in [9.17, 15) is 13.2 Å². The molecule has 0 aliphatic heterocycles. The Hall–Kier alpha value is -1.60. The molecule has 0 radical (unpaired) electrons. The number of hydrogen-bond donors (Lipinski definition) is 3. The predicted molar refractivity (Wildman–Crippen MR) is 76.4 cm³/mol. The average molecular weight is 285 g/mol. The molecule has 4 N–H and O–H groups in total. The lowest BCUT2D eigenvalue weighted by Gasteiger charge is -2.21. The molecule has 7 heteroatoms. The minimum Gasteiger partial charge on any atom is -0.325 e. The molecule has 0 aliphatic carbocycles. The van der Waals surface area contributed by atoms with Gasteiger partial charge in [0.2, 0.25) is 15.9 Å². The predicted octanol–water partition coefficient (Wildman–Crippen LogP) is 1.12. The third kappa shape index (κ3) is 4.88. The quantitative estimate of drug-likeness (QED) is 0.754. The van der Waals surface area contributed by atoms with Crippen LogP contribution in [0.1, 0.15) is 20.3 Å². The van der Waals surface area contributed by atoms with Crippen molar-refractivity contribution in [2.45, 2.75) is 25.8 Å². The number of hydrogen-bond acceptors (Lipinski definition) is 4. The second-order valence-electron chi connectivity index (χ2n) is 4.68. The van der Waals surface area contributed by atoms with E-state index in [0.717, 1.165) is 6.26 Å². The van der Waals surface area contributed by atoms with Crippen LogP contribution in [-0.2, 0) is 14.8 Å². The van der Waals surface area contributed by atoms with Crippen LogP contribution < -0.4 is 15.8 Å². The summed E-state index contributed by atoms with van der Waals surface area (Å²) in [5.74, 6) is -0.279. The van der Waals surface area contributed by atoms with E-state index in [-0.39, 0.29) is 5.91 Å². The Morgan fingerprint density at radius 3 is 2.16 bits per heavy atom. The highest BCUT2D eigenvalue weighted by atomic mass is 32.2. The lowest BCUT2D eigenvalue weighted by Crippen LogP contribution is -2.47. The summed E-state index contributed by atoms with van der Waals surface area (Å²) in [7, 11) is -3.30. The molecule has 106 valence electrons. The molecule has 1 amide bonds. The van der Waals surface area contributed by atoms with E-state index >= 15 is 0 Å². The zero-order valence-corrected chi connectivity index (χ0v) is 12.0. The molecule has 1 unspecified atom stereocenters. The second kappa shape index (κ2) is 5.58. The van der Waals surface area contributed by atoms with Crippen molar-refractivity contribution in [2.75, 3.05) is 16.3 Å². The van der Waals surface area contributed by atoms with Crippen molar-refractivity contribution >= 4 is 27.3 Å². The Labute approximate surface area is 113 Å². The molecule has 0 saturated heterocycles. The fourth-order valence-corrected chi connectivity index (χ4v) is 1.83. The Balaban J connectivity index is 2.75. The first-order valence-corrected chi connectivity index (χ1v) is 7.71. The monoisotopic (exact) mass is 285 g/mol. The third-order valence-corrected chi connectivity index (χ3v) is 3.31. The Kier molecular flexibility index (Phi) is 4.54. The van der Waals surface area contributed by atoms with Crippen LogP contribution in [0, 0.1) is 0 Å². The number of benzene rings is 1. The average Bonchev–Trinajstić information content (AvgIpc) is 2.29. The summed E-state index contributed by atoms with van der Waals surface area (Å²) in [6.07, 6.45) is 1.59. The highest BCUT2D eigenvalue weighted by Crippen LogP contribution is 2.16. The van der Waals surface area contributed by atoms with Crippen LogP contribution >= 0.6 is 0 Å². The maximum absolute atomic E-state index is 11.8. The molecule has 0 fully saturated rings. The molecule has 0 bridgehead atoms. The molecular weight excluding hydrogens is 266 g/mol. The van der Waals surface area contributed by atoms with Crippen LogP contribution in [0.2, 0.25) is 0 Å². The lowest BCUT2D eigenvalue weighted by molar-refractivity contribution is -0.120. The van der Waals surface area contributed by atoms with Gasteiger partial charge in [0.25, 0.3) is 0 Å². The van der Waals surface area contributed by atoms with E-state index in [1.165, 1.54) is 0 Å². The molecule has 1 rings (SSSR count). The summed E-state index contributed by atoms with van der Waals surface area (Å²) >= 11 is 0. The normalized spacial score (nSPS) is 14.5. The molecule has 0 spiro atoms. The van der Waals surface area contributed by atoms with Crippen molar-refractivity contribution < 1.29 is 13.2 Å². The maximum atomic E-state index is 11.8. The number of nitrogens with one attached hydrogen (secondary N) is 2.